The third kappa shape index (κ3) is 9.21. The quantitative estimate of drug-likeness (QED) is 0.274. The van der Waals surface area contributed by atoms with Crippen LogP contribution in [-0.4, -0.2) is 50.5 Å². The third-order valence-corrected chi connectivity index (χ3v) is 8.16. The highest BCUT2D eigenvalue weighted by molar-refractivity contribution is 7.92. The topological polar surface area (TPSA) is 86.8 Å². The lowest BCUT2D eigenvalue weighted by molar-refractivity contribution is -0.140. The number of sulfonamides is 1. The van der Waals surface area contributed by atoms with Crippen LogP contribution in [0.4, 0.5) is 5.69 Å². The number of carbonyl (C=O) groups is 2. The van der Waals surface area contributed by atoms with Crippen molar-refractivity contribution in [2.45, 2.75) is 52.1 Å². The van der Waals surface area contributed by atoms with Crippen LogP contribution < -0.4 is 9.62 Å². The molecule has 0 aliphatic carbocycles. The molecule has 0 heterocycles. The standard InChI is InChI=1S/C25H31Cl4N3O4S/c1-4-5-13-30-25(34)17(2)31(16-19-20(27)8-6-9-21(19)28)24(33)10-7-14-32(37(3,35)36)23-15-18(26)11-12-22(23)29/h6,8-9,11-12,15,17H,4-5,7,10,13-14,16H2,1-3H3,(H,30,34)/t17-/m1/s1. The molecule has 2 aromatic carbocycles. The molecule has 0 spiro atoms. The van der Waals surface area contributed by atoms with Crippen molar-refractivity contribution in [1.29, 1.82) is 0 Å². The number of nitrogens with zero attached hydrogens (tertiary/aromatic N) is 2. The Morgan fingerprint density at radius 2 is 1.65 bits per heavy atom. The van der Waals surface area contributed by atoms with Crippen molar-refractivity contribution >= 4 is 73.9 Å². The van der Waals surface area contributed by atoms with E-state index in [-0.39, 0.29) is 48.5 Å². The van der Waals surface area contributed by atoms with Crippen LogP contribution in [0.3, 0.4) is 0 Å². The van der Waals surface area contributed by atoms with Crippen LogP contribution in [0.5, 0.6) is 0 Å². The van der Waals surface area contributed by atoms with E-state index < -0.39 is 16.1 Å². The molecule has 0 saturated carbocycles. The van der Waals surface area contributed by atoms with E-state index in [1.807, 2.05) is 6.92 Å². The number of rotatable bonds is 13. The van der Waals surface area contributed by atoms with Gasteiger partial charge in [0.15, 0.2) is 0 Å². The summed E-state index contributed by atoms with van der Waals surface area (Å²) in [4.78, 5) is 27.6. The Morgan fingerprint density at radius 3 is 2.24 bits per heavy atom. The van der Waals surface area contributed by atoms with Gasteiger partial charge in [0.1, 0.15) is 6.04 Å². The Morgan fingerprint density at radius 1 is 1.00 bits per heavy atom. The van der Waals surface area contributed by atoms with Crippen molar-refractivity contribution in [1.82, 2.24) is 10.2 Å². The number of hydrogen-bond acceptors (Lipinski definition) is 4. The van der Waals surface area contributed by atoms with Gasteiger partial charge in [-0.3, -0.25) is 13.9 Å². The maximum atomic E-state index is 13.4. The average molecular weight is 611 g/mol. The van der Waals surface area contributed by atoms with Gasteiger partial charge in [-0.1, -0.05) is 65.8 Å². The molecule has 2 amide bonds. The first-order valence-corrected chi connectivity index (χ1v) is 15.2. The van der Waals surface area contributed by atoms with Crippen molar-refractivity contribution in [2.24, 2.45) is 0 Å². The first-order valence-electron chi connectivity index (χ1n) is 11.8. The van der Waals surface area contributed by atoms with Gasteiger partial charge in [-0.05, 0) is 50.1 Å². The van der Waals surface area contributed by atoms with Crippen LogP contribution in [0.15, 0.2) is 36.4 Å². The van der Waals surface area contributed by atoms with Crippen molar-refractivity contribution in [3.8, 4) is 0 Å². The van der Waals surface area contributed by atoms with E-state index in [2.05, 4.69) is 5.32 Å². The number of anilines is 1. The maximum absolute atomic E-state index is 13.4. The molecule has 7 nitrogen and oxygen atoms in total. The highest BCUT2D eigenvalue weighted by atomic mass is 35.5. The molecule has 12 heteroatoms. The first-order chi connectivity index (χ1) is 17.4. The third-order valence-electron chi connectivity index (χ3n) is 5.72. The summed E-state index contributed by atoms with van der Waals surface area (Å²) < 4.78 is 26.1. The van der Waals surface area contributed by atoms with Gasteiger partial charge in [-0.2, -0.15) is 0 Å². The fraction of sp³-hybridized carbons (Fsp3) is 0.440. The summed E-state index contributed by atoms with van der Waals surface area (Å²) in [6.07, 6.45) is 2.93. The molecule has 204 valence electrons. The molecule has 1 N–H and O–H groups in total. The molecule has 0 bridgehead atoms. The largest absolute Gasteiger partial charge is 0.354 e. The van der Waals surface area contributed by atoms with Gasteiger partial charge in [0.25, 0.3) is 0 Å². The lowest BCUT2D eigenvalue weighted by Crippen LogP contribution is -2.48. The monoisotopic (exact) mass is 609 g/mol. The molecule has 0 aromatic heterocycles. The van der Waals surface area contributed by atoms with E-state index in [1.54, 1.807) is 31.2 Å². The molecule has 1 atom stereocenters. The average Bonchev–Trinajstić information content (AvgIpc) is 2.82. The molecule has 0 saturated heterocycles. The zero-order chi connectivity index (χ0) is 27.8. The number of benzene rings is 2. The van der Waals surface area contributed by atoms with E-state index in [9.17, 15) is 18.0 Å². The van der Waals surface area contributed by atoms with Gasteiger partial charge in [-0.25, -0.2) is 8.42 Å². The van der Waals surface area contributed by atoms with E-state index in [1.165, 1.54) is 17.0 Å². The highest BCUT2D eigenvalue weighted by Gasteiger charge is 2.28. The Bertz CT molecular complexity index is 1190. The lowest BCUT2D eigenvalue weighted by Gasteiger charge is -2.30. The maximum Gasteiger partial charge on any atom is 0.242 e. The molecule has 0 radical (unpaired) electrons. The van der Waals surface area contributed by atoms with Crippen LogP contribution >= 0.6 is 46.4 Å². The normalized spacial score (nSPS) is 12.2. The number of amides is 2. The molecular weight excluding hydrogens is 580 g/mol. The molecule has 2 rings (SSSR count). The molecule has 0 aliphatic rings. The molecule has 0 unspecified atom stereocenters. The Hall–Kier alpha value is -1.71. The summed E-state index contributed by atoms with van der Waals surface area (Å²) >= 11 is 25.0. The number of carbonyl (C=O) groups excluding carboxylic acids is 2. The SMILES string of the molecule is CCCCNC(=O)[C@@H](C)N(Cc1c(Cl)cccc1Cl)C(=O)CCCN(c1cc(Cl)ccc1Cl)S(C)(=O)=O. The molecular formula is C25H31Cl4N3O4S. The lowest BCUT2D eigenvalue weighted by atomic mass is 10.1. The second-order valence-electron chi connectivity index (χ2n) is 8.58. The summed E-state index contributed by atoms with van der Waals surface area (Å²) in [7, 11) is -3.71. The molecule has 2 aromatic rings. The number of unbranched alkanes of at least 4 members (excludes halogenated alkanes) is 1. The molecule has 0 fully saturated rings. The fourth-order valence-electron chi connectivity index (χ4n) is 3.63. The number of hydrogen-bond donors (Lipinski definition) is 1. The Balaban J connectivity index is 2.23. The minimum Gasteiger partial charge on any atom is -0.354 e. The first kappa shape index (κ1) is 31.5. The van der Waals surface area contributed by atoms with Crippen LogP contribution in [0.25, 0.3) is 0 Å². The Labute approximate surface area is 239 Å². The van der Waals surface area contributed by atoms with Gasteiger partial charge < -0.3 is 10.2 Å². The molecule has 0 aliphatic heterocycles. The summed E-state index contributed by atoms with van der Waals surface area (Å²) in [5, 5.41) is 4.15. The minimum atomic E-state index is -3.71. The number of nitrogens with one attached hydrogen (secondary N) is 1. The zero-order valence-electron chi connectivity index (χ0n) is 20.9. The smallest absolute Gasteiger partial charge is 0.242 e. The second kappa shape index (κ2) is 14.4. The predicted octanol–water partition coefficient (Wildman–Crippen LogP) is 6.18. The fourth-order valence-corrected chi connectivity index (χ4v) is 5.55. The van der Waals surface area contributed by atoms with Crippen LogP contribution in [-0.2, 0) is 26.2 Å². The van der Waals surface area contributed by atoms with Crippen LogP contribution in [0.2, 0.25) is 20.1 Å². The van der Waals surface area contributed by atoms with Crippen molar-refractivity contribution in [3.05, 3.63) is 62.1 Å². The zero-order valence-corrected chi connectivity index (χ0v) is 24.8. The molecule has 37 heavy (non-hydrogen) atoms. The van der Waals surface area contributed by atoms with Gasteiger partial charge in [0, 0.05) is 46.7 Å². The van der Waals surface area contributed by atoms with Gasteiger partial charge in [0.05, 0.1) is 17.0 Å². The van der Waals surface area contributed by atoms with Gasteiger partial charge >= 0.3 is 0 Å². The number of halogens is 4. The summed E-state index contributed by atoms with van der Waals surface area (Å²) in [5.74, 6) is -0.645. The van der Waals surface area contributed by atoms with Crippen molar-refractivity contribution in [3.63, 3.8) is 0 Å². The summed E-state index contributed by atoms with van der Waals surface area (Å²) in [5.41, 5.74) is 0.753. The van der Waals surface area contributed by atoms with E-state index in [4.69, 9.17) is 46.4 Å². The van der Waals surface area contributed by atoms with Gasteiger partial charge in [0.2, 0.25) is 21.8 Å². The van der Waals surface area contributed by atoms with Gasteiger partial charge in [-0.15, -0.1) is 0 Å². The minimum absolute atomic E-state index is 0.0115. The summed E-state index contributed by atoms with van der Waals surface area (Å²) in [6, 6.07) is 8.75. The highest BCUT2D eigenvalue weighted by Crippen LogP contribution is 2.31. The van der Waals surface area contributed by atoms with Crippen molar-refractivity contribution in [2.75, 3.05) is 23.7 Å². The van der Waals surface area contributed by atoms with Crippen molar-refractivity contribution < 1.29 is 18.0 Å². The van der Waals surface area contributed by atoms with E-state index >= 15 is 0 Å². The predicted molar refractivity (Wildman–Crippen MR) is 152 cm³/mol. The van der Waals surface area contributed by atoms with Crippen LogP contribution in [0.1, 0.15) is 45.1 Å². The van der Waals surface area contributed by atoms with E-state index in [0.29, 0.717) is 27.2 Å². The Kier molecular flexibility index (Phi) is 12.3. The van der Waals surface area contributed by atoms with E-state index in [0.717, 1.165) is 23.4 Å². The second-order valence-corrected chi connectivity index (χ2v) is 12.1. The summed E-state index contributed by atoms with van der Waals surface area (Å²) in [6.45, 7) is 4.16. The van der Waals surface area contributed by atoms with Crippen LogP contribution in [0, 0.1) is 0 Å².